The van der Waals surface area contributed by atoms with E-state index in [1.165, 1.54) is 0 Å². The molecule has 106 valence electrons. The molecule has 0 saturated heterocycles. The SMILES string of the molecule is N#CCOc1ccc(NC(=O)c2cc(N)cc(Br)c2)cc1. The number of rotatable bonds is 4. The Balaban J connectivity index is 2.07. The van der Waals surface area contributed by atoms with Gasteiger partial charge in [-0.25, -0.2) is 0 Å². The number of nitrogens with one attached hydrogen (secondary N) is 1. The summed E-state index contributed by atoms with van der Waals surface area (Å²) in [6, 6.07) is 13.7. The Kier molecular flexibility index (Phi) is 4.80. The Labute approximate surface area is 130 Å². The number of anilines is 2. The lowest BCUT2D eigenvalue weighted by Gasteiger charge is -2.08. The first-order chi connectivity index (χ1) is 10.1. The lowest BCUT2D eigenvalue weighted by Crippen LogP contribution is -2.12. The van der Waals surface area contributed by atoms with Crippen LogP contribution in [0.4, 0.5) is 11.4 Å². The number of hydrogen-bond donors (Lipinski definition) is 2. The van der Waals surface area contributed by atoms with Gasteiger partial charge in [0, 0.05) is 21.4 Å². The van der Waals surface area contributed by atoms with Crippen molar-refractivity contribution in [1.82, 2.24) is 0 Å². The zero-order valence-electron chi connectivity index (χ0n) is 11.0. The van der Waals surface area contributed by atoms with Crippen LogP contribution < -0.4 is 15.8 Å². The smallest absolute Gasteiger partial charge is 0.255 e. The minimum Gasteiger partial charge on any atom is -0.479 e. The maximum Gasteiger partial charge on any atom is 0.255 e. The number of nitrogens with zero attached hydrogens (tertiary/aromatic N) is 1. The van der Waals surface area contributed by atoms with Crippen LogP contribution in [0.3, 0.4) is 0 Å². The average molecular weight is 346 g/mol. The van der Waals surface area contributed by atoms with Crippen molar-refractivity contribution < 1.29 is 9.53 Å². The van der Waals surface area contributed by atoms with Crippen molar-refractivity contribution in [2.75, 3.05) is 17.7 Å². The topological polar surface area (TPSA) is 88.1 Å². The second kappa shape index (κ2) is 6.77. The summed E-state index contributed by atoms with van der Waals surface area (Å²) in [7, 11) is 0. The number of hydrogen-bond acceptors (Lipinski definition) is 4. The predicted octanol–water partition coefficient (Wildman–Crippen LogP) is 3.19. The summed E-state index contributed by atoms with van der Waals surface area (Å²) in [6.07, 6.45) is 0. The van der Waals surface area contributed by atoms with Crippen molar-refractivity contribution in [2.24, 2.45) is 0 Å². The number of nitriles is 1. The van der Waals surface area contributed by atoms with Crippen molar-refractivity contribution in [3.63, 3.8) is 0 Å². The molecule has 0 saturated carbocycles. The van der Waals surface area contributed by atoms with E-state index in [1.54, 1.807) is 42.5 Å². The maximum absolute atomic E-state index is 12.1. The number of nitrogen functional groups attached to an aromatic ring is 1. The highest BCUT2D eigenvalue weighted by Gasteiger charge is 2.08. The summed E-state index contributed by atoms with van der Waals surface area (Å²) >= 11 is 3.30. The van der Waals surface area contributed by atoms with Crippen molar-refractivity contribution in [3.8, 4) is 11.8 Å². The molecule has 21 heavy (non-hydrogen) atoms. The summed E-state index contributed by atoms with van der Waals surface area (Å²) in [6.45, 7) is -0.0109. The molecule has 0 radical (unpaired) electrons. The van der Waals surface area contributed by atoms with Crippen LogP contribution in [0.2, 0.25) is 0 Å². The van der Waals surface area contributed by atoms with E-state index in [2.05, 4.69) is 21.2 Å². The molecule has 2 aromatic rings. The van der Waals surface area contributed by atoms with Crippen LogP contribution in [0.5, 0.6) is 5.75 Å². The van der Waals surface area contributed by atoms with Gasteiger partial charge in [0.25, 0.3) is 5.91 Å². The molecule has 3 N–H and O–H groups in total. The molecule has 0 spiro atoms. The van der Waals surface area contributed by atoms with E-state index in [9.17, 15) is 4.79 Å². The van der Waals surface area contributed by atoms with Gasteiger partial charge in [0.1, 0.15) is 11.8 Å². The van der Waals surface area contributed by atoms with Gasteiger partial charge >= 0.3 is 0 Å². The first-order valence-corrected chi connectivity index (χ1v) is 6.85. The standard InChI is InChI=1S/C15H12BrN3O2/c16-11-7-10(8-12(18)9-11)15(20)19-13-1-3-14(4-2-13)21-6-5-17/h1-4,7-9H,6,18H2,(H,19,20). The number of carbonyl (C=O) groups is 1. The Morgan fingerprint density at radius 2 is 2.00 bits per heavy atom. The summed E-state index contributed by atoms with van der Waals surface area (Å²) in [5.74, 6) is 0.315. The van der Waals surface area contributed by atoms with E-state index in [-0.39, 0.29) is 12.5 Å². The van der Waals surface area contributed by atoms with Crippen molar-refractivity contribution in [3.05, 3.63) is 52.5 Å². The van der Waals surface area contributed by atoms with Crippen molar-refractivity contribution in [2.45, 2.75) is 0 Å². The molecule has 0 unspecified atom stereocenters. The molecular formula is C15H12BrN3O2. The fraction of sp³-hybridized carbons (Fsp3) is 0.0667. The quantitative estimate of drug-likeness (QED) is 0.833. The summed E-state index contributed by atoms with van der Waals surface area (Å²) in [4.78, 5) is 12.1. The zero-order valence-corrected chi connectivity index (χ0v) is 12.6. The minimum absolute atomic E-state index is 0.0109. The predicted molar refractivity (Wildman–Crippen MR) is 84.1 cm³/mol. The summed E-state index contributed by atoms with van der Waals surface area (Å²) in [5, 5.41) is 11.2. The Morgan fingerprint density at radius 3 is 2.62 bits per heavy atom. The van der Waals surface area contributed by atoms with Crippen LogP contribution in [0.25, 0.3) is 0 Å². The molecule has 5 nitrogen and oxygen atoms in total. The average Bonchev–Trinajstić information content (AvgIpc) is 2.45. The van der Waals surface area contributed by atoms with Gasteiger partial charge in [-0.05, 0) is 42.5 Å². The molecule has 2 aromatic carbocycles. The highest BCUT2D eigenvalue weighted by Crippen LogP contribution is 2.20. The molecule has 0 aliphatic rings. The number of nitrogens with two attached hydrogens (primary N) is 1. The van der Waals surface area contributed by atoms with Crippen molar-refractivity contribution >= 4 is 33.2 Å². The first-order valence-electron chi connectivity index (χ1n) is 6.06. The van der Waals surface area contributed by atoms with Crippen LogP contribution in [-0.2, 0) is 0 Å². The maximum atomic E-state index is 12.1. The van der Waals surface area contributed by atoms with Crippen LogP contribution in [0, 0.1) is 11.3 Å². The van der Waals surface area contributed by atoms with E-state index < -0.39 is 0 Å². The van der Waals surface area contributed by atoms with E-state index in [0.29, 0.717) is 22.7 Å². The fourth-order valence-corrected chi connectivity index (χ4v) is 2.21. The summed E-state index contributed by atoms with van der Waals surface area (Å²) in [5.41, 5.74) is 7.31. The number of carbonyl (C=O) groups excluding carboxylic acids is 1. The van der Waals surface area contributed by atoms with Gasteiger partial charge in [-0.15, -0.1) is 0 Å². The van der Waals surface area contributed by atoms with Gasteiger partial charge in [-0.1, -0.05) is 15.9 Å². The van der Waals surface area contributed by atoms with Crippen LogP contribution in [0.1, 0.15) is 10.4 Å². The molecule has 0 heterocycles. The highest BCUT2D eigenvalue weighted by molar-refractivity contribution is 9.10. The Bertz CT molecular complexity index is 673. The second-order valence-corrected chi connectivity index (χ2v) is 5.11. The molecule has 0 aliphatic heterocycles. The van der Waals surface area contributed by atoms with Crippen LogP contribution in [-0.4, -0.2) is 12.5 Å². The van der Waals surface area contributed by atoms with E-state index in [1.807, 2.05) is 6.07 Å². The van der Waals surface area contributed by atoms with Crippen LogP contribution in [0.15, 0.2) is 46.9 Å². The van der Waals surface area contributed by atoms with Gasteiger partial charge in [0.05, 0.1) is 0 Å². The normalized spacial score (nSPS) is 9.71. The molecule has 1 amide bonds. The number of amides is 1. The van der Waals surface area contributed by atoms with Gasteiger partial charge in [-0.3, -0.25) is 4.79 Å². The first kappa shape index (κ1) is 14.9. The lowest BCUT2D eigenvalue weighted by molar-refractivity contribution is 0.102. The van der Waals surface area contributed by atoms with Gasteiger partial charge in [-0.2, -0.15) is 5.26 Å². The third kappa shape index (κ3) is 4.23. The lowest BCUT2D eigenvalue weighted by atomic mass is 10.2. The van der Waals surface area contributed by atoms with E-state index >= 15 is 0 Å². The largest absolute Gasteiger partial charge is 0.479 e. The Morgan fingerprint density at radius 1 is 1.29 bits per heavy atom. The van der Waals surface area contributed by atoms with E-state index in [4.69, 9.17) is 15.7 Å². The molecule has 0 atom stereocenters. The van der Waals surface area contributed by atoms with Gasteiger partial charge < -0.3 is 15.8 Å². The van der Waals surface area contributed by atoms with Crippen molar-refractivity contribution in [1.29, 1.82) is 5.26 Å². The third-order valence-electron chi connectivity index (χ3n) is 2.60. The zero-order chi connectivity index (χ0) is 15.2. The Hall–Kier alpha value is -2.52. The number of ether oxygens (including phenoxy) is 1. The molecule has 0 aromatic heterocycles. The summed E-state index contributed by atoms with van der Waals surface area (Å²) < 4.78 is 5.88. The van der Waals surface area contributed by atoms with E-state index in [0.717, 1.165) is 4.47 Å². The number of halogens is 1. The molecule has 0 fully saturated rings. The molecular weight excluding hydrogens is 334 g/mol. The molecule has 6 heteroatoms. The molecule has 0 aliphatic carbocycles. The van der Waals surface area contributed by atoms with Gasteiger partial charge in [0.2, 0.25) is 0 Å². The number of benzene rings is 2. The molecule has 2 rings (SSSR count). The highest BCUT2D eigenvalue weighted by atomic mass is 79.9. The fourth-order valence-electron chi connectivity index (χ4n) is 1.70. The van der Waals surface area contributed by atoms with Crippen LogP contribution >= 0.6 is 15.9 Å². The minimum atomic E-state index is -0.256. The third-order valence-corrected chi connectivity index (χ3v) is 3.06. The van der Waals surface area contributed by atoms with Gasteiger partial charge in [0.15, 0.2) is 6.61 Å². The molecule has 0 bridgehead atoms. The second-order valence-electron chi connectivity index (χ2n) is 4.20. The monoisotopic (exact) mass is 345 g/mol.